The highest BCUT2D eigenvalue weighted by Gasteiger charge is 2.24. The van der Waals surface area contributed by atoms with Crippen molar-refractivity contribution in [2.45, 2.75) is 57.8 Å². The maximum Gasteiger partial charge on any atom is 0.326 e. The van der Waals surface area contributed by atoms with Gasteiger partial charge in [-0.05, 0) is 96.9 Å². The number of benzene rings is 3. The molecule has 2 amide bonds. The number of amides is 2. The third-order valence-corrected chi connectivity index (χ3v) is 7.61. The van der Waals surface area contributed by atoms with Gasteiger partial charge in [0.1, 0.15) is 0 Å². The molecular formula is C30H34N2O. The van der Waals surface area contributed by atoms with Gasteiger partial charge in [0.15, 0.2) is 0 Å². The molecule has 1 aliphatic carbocycles. The van der Waals surface area contributed by atoms with E-state index >= 15 is 0 Å². The number of nitrogens with zero attached hydrogens (tertiary/aromatic N) is 1. The number of anilines is 2. The molecule has 1 aliphatic heterocycles. The van der Waals surface area contributed by atoms with Gasteiger partial charge in [0, 0.05) is 17.9 Å². The molecule has 1 saturated carbocycles. The van der Waals surface area contributed by atoms with Crippen molar-refractivity contribution in [2.75, 3.05) is 16.8 Å². The molecule has 0 bridgehead atoms. The van der Waals surface area contributed by atoms with Gasteiger partial charge in [-0.2, -0.15) is 0 Å². The summed E-state index contributed by atoms with van der Waals surface area (Å²) < 4.78 is 0. The monoisotopic (exact) mass is 438 g/mol. The molecule has 3 aromatic rings. The third-order valence-electron chi connectivity index (χ3n) is 7.61. The van der Waals surface area contributed by atoms with Gasteiger partial charge in [-0.3, -0.25) is 4.90 Å². The normalized spacial score (nSPS) is 20.2. The fourth-order valence-electron chi connectivity index (χ4n) is 5.55. The fraction of sp³-hybridized carbons (Fsp3) is 0.367. The highest BCUT2D eigenvalue weighted by atomic mass is 16.2. The van der Waals surface area contributed by atoms with Crippen molar-refractivity contribution in [3.05, 3.63) is 83.9 Å². The number of rotatable bonds is 4. The largest absolute Gasteiger partial charge is 0.326 e. The minimum absolute atomic E-state index is 0.0583. The van der Waals surface area contributed by atoms with Gasteiger partial charge in [0.2, 0.25) is 0 Å². The Labute approximate surface area is 197 Å². The molecule has 0 aromatic heterocycles. The van der Waals surface area contributed by atoms with Crippen LogP contribution in [0.2, 0.25) is 0 Å². The smallest absolute Gasteiger partial charge is 0.308 e. The Morgan fingerprint density at radius 2 is 1.64 bits per heavy atom. The Morgan fingerprint density at radius 1 is 0.909 bits per heavy atom. The zero-order chi connectivity index (χ0) is 22.6. The molecule has 3 heteroatoms. The number of nitrogens with one attached hydrogen (secondary N) is 1. The molecule has 1 heterocycles. The van der Waals surface area contributed by atoms with Crippen LogP contribution in [0, 0.1) is 5.92 Å². The topological polar surface area (TPSA) is 32.3 Å². The summed E-state index contributed by atoms with van der Waals surface area (Å²) in [6, 6.07) is 25.4. The molecule has 1 N–H and O–H groups in total. The van der Waals surface area contributed by atoms with Crippen LogP contribution in [0.4, 0.5) is 16.2 Å². The standard InChI is InChI=1S/C30H34N2O/c1-2-22-10-12-23(13-11-22)24-14-16-25(17-15-24)26-18-19-29-27(21-26)7-6-20-32(29)30(33)31-28-8-4-3-5-9-28/h3-5,8-9,14-19,21-23H,2,6-7,10-13,20H2,1H3,(H,31,33). The van der Waals surface area contributed by atoms with Crippen molar-refractivity contribution in [1.82, 2.24) is 0 Å². The molecule has 33 heavy (non-hydrogen) atoms. The van der Waals surface area contributed by atoms with Crippen molar-refractivity contribution in [3.8, 4) is 11.1 Å². The average Bonchev–Trinajstić information content (AvgIpc) is 2.89. The summed E-state index contributed by atoms with van der Waals surface area (Å²) >= 11 is 0. The number of aryl methyl sites for hydroxylation is 1. The molecule has 170 valence electrons. The molecule has 0 spiro atoms. The predicted octanol–water partition coefficient (Wildman–Crippen LogP) is 8.02. The van der Waals surface area contributed by atoms with Crippen LogP contribution in [0.3, 0.4) is 0 Å². The maximum atomic E-state index is 12.9. The summed E-state index contributed by atoms with van der Waals surface area (Å²) in [4.78, 5) is 14.8. The molecular weight excluding hydrogens is 404 g/mol. The Kier molecular flexibility index (Phi) is 6.48. The van der Waals surface area contributed by atoms with Crippen LogP contribution in [0.5, 0.6) is 0 Å². The molecule has 5 rings (SSSR count). The summed E-state index contributed by atoms with van der Waals surface area (Å²) in [7, 11) is 0. The van der Waals surface area contributed by atoms with Crippen LogP contribution in [-0.2, 0) is 6.42 Å². The number of hydrogen-bond acceptors (Lipinski definition) is 1. The molecule has 0 saturated heterocycles. The van der Waals surface area contributed by atoms with Crippen LogP contribution in [0.15, 0.2) is 72.8 Å². The van der Waals surface area contributed by atoms with Crippen molar-refractivity contribution >= 4 is 17.4 Å². The SMILES string of the molecule is CCC1CCC(c2ccc(-c3ccc4c(c3)CCCN4C(=O)Nc3ccccc3)cc2)CC1. The van der Waals surface area contributed by atoms with Crippen molar-refractivity contribution in [1.29, 1.82) is 0 Å². The van der Waals surface area contributed by atoms with E-state index in [0.29, 0.717) is 0 Å². The van der Waals surface area contributed by atoms with Gasteiger partial charge in [0.25, 0.3) is 0 Å². The number of fused-ring (bicyclic) bond motifs is 1. The van der Waals surface area contributed by atoms with Crippen LogP contribution >= 0.6 is 0 Å². The van der Waals surface area contributed by atoms with Crippen molar-refractivity contribution in [3.63, 3.8) is 0 Å². The number of carbonyl (C=O) groups is 1. The minimum Gasteiger partial charge on any atom is -0.308 e. The van der Waals surface area contributed by atoms with Crippen molar-refractivity contribution < 1.29 is 4.79 Å². The lowest BCUT2D eigenvalue weighted by molar-refractivity contribution is 0.256. The summed E-state index contributed by atoms with van der Waals surface area (Å²) in [6.07, 6.45) is 8.74. The van der Waals surface area contributed by atoms with Gasteiger partial charge < -0.3 is 5.32 Å². The van der Waals surface area contributed by atoms with Crippen LogP contribution in [0.1, 0.15) is 62.5 Å². The lowest BCUT2D eigenvalue weighted by atomic mass is 9.77. The Hall–Kier alpha value is -3.07. The van der Waals surface area contributed by atoms with E-state index in [2.05, 4.69) is 54.7 Å². The Bertz CT molecular complexity index is 1080. The number of hydrogen-bond donors (Lipinski definition) is 1. The zero-order valence-corrected chi connectivity index (χ0v) is 19.6. The van der Waals surface area contributed by atoms with Gasteiger partial charge >= 0.3 is 6.03 Å². The highest BCUT2D eigenvalue weighted by Crippen LogP contribution is 2.38. The quantitative estimate of drug-likeness (QED) is 0.439. The summed E-state index contributed by atoms with van der Waals surface area (Å²) in [5, 5.41) is 3.03. The fourth-order valence-corrected chi connectivity index (χ4v) is 5.55. The van der Waals surface area contributed by atoms with Gasteiger partial charge in [0.05, 0.1) is 0 Å². The summed E-state index contributed by atoms with van der Waals surface area (Å²) in [5.74, 6) is 1.66. The molecule has 3 nitrogen and oxygen atoms in total. The second-order valence-electron chi connectivity index (χ2n) is 9.64. The first-order valence-electron chi connectivity index (χ1n) is 12.6. The van der Waals surface area contributed by atoms with Gasteiger partial charge in [-0.1, -0.05) is 61.9 Å². The zero-order valence-electron chi connectivity index (χ0n) is 19.6. The highest BCUT2D eigenvalue weighted by molar-refractivity contribution is 6.02. The number of carbonyl (C=O) groups excluding carboxylic acids is 1. The molecule has 0 radical (unpaired) electrons. The lowest BCUT2D eigenvalue weighted by Crippen LogP contribution is -2.38. The van der Waals surface area contributed by atoms with E-state index in [0.717, 1.165) is 42.6 Å². The van der Waals surface area contributed by atoms with E-state index in [-0.39, 0.29) is 6.03 Å². The van der Waals surface area contributed by atoms with Crippen LogP contribution in [0.25, 0.3) is 11.1 Å². The molecule has 1 fully saturated rings. The van der Waals surface area contributed by atoms with E-state index in [1.54, 1.807) is 0 Å². The van der Waals surface area contributed by atoms with E-state index in [1.807, 2.05) is 35.2 Å². The second kappa shape index (κ2) is 9.82. The van der Waals surface area contributed by atoms with Gasteiger partial charge in [-0.25, -0.2) is 4.79 Å². The molecule has 3 aromatic carbocycles. The Morgan fingerprint density at radius 3 is 2.36 bits per heavy atom. The molecule has 0 atom stereocenters. The summed E-state index contributed by atoms with van der Waals surface area (Å²) in [6.45, 7) is 3.08. The van der Waals surface area contributed by atoms with Crippen molar-refractivity contribution in [2.24, 2.45) is 5.92 Å². The molecule has 0 unspecified atom stereocenters. The minimum atomic E-state index is -0.0583. The lowest BCUT2D eigenvalue weighted by Gasteiger charge is -2.30. The second-order valence-corrected chi connectivity index (χ2v) is 9.64. The number of urea groups is 1. The number of para-hydroxylation sites is 1. The predicted molar refractivity (Wildman–Crippen MR) is 138 cm³/mol. The summed E-state index contributed by atoms with van der Waals surface area (Å²) in [5.41, 5.74) is 7.10. The van der Waals surface area contributed by atoms with E-state index in [1.165, 1.54) is 54.4 Å². The van der Waals surface area contributed by atoms with E-state index < -0.39 is 0 Å². The first-order chi connectivity index (χ1) is 16.2. The third kappa shape index (κ3) is 4.83. The average molecular weight is 439 g/mol. The van der Waals surface area contributed by atoms with E-state index in [9.17, 15) is 4.79 Å². The van der Waals surface area contributed by atoms with Crippen LogP contribution in [-0.4, -0.2) is 12.6 Å². The van der Waals surface area contributed by atoms with Gasteiger partial charge in [-0.15, -0.1) is 0 Å². The maximum absolute atomic E-state index is 12.9. The first-order valence-corrected chi connectivity index (χ1v) is 12.6. The molecule has 2 aliphatic rings. The van der Waals surface area contributed by atoms with E-state index in [4.69, 9.17) is 0 Å². The Balaban J connectivity index is 1.30. The van der Waals surface area contributed by atoms with Crippen LogP contribution < -0.4 is 10.2 Å². The first kappa shape index (κ1) is 21.8.